The van der Waals surface area contributed by atoms with Crippen molar-refractivity contribution in [3.05, 3.63) is 33.8 Å². The second-order valence-electron chi connectivity index (χ2n) is 2.69. The normalized spacial score (nSPS) is 12.9. The zero-order valence-corrected chi connectivity index (χ0v) is 8.39. The summed E-state index contributed by atoms with van der Waals surface area (Å²) in [6, 6.07) is 4.88. The minimum atomic E-state index is -0.727. The molecule has 0 radical (unpaired) electrons. The second kappa shape index (κ2) is 4.82. The fourth-order valence-corrected chi connectivity index (χ4v) is 1.58. The highest BCUT2D eigenvalue weighted by Crippen LogP contribution is 2.27. The van der Waals surface area contributed by atoms with Crippen LogP contribution in [0.1, 0.15) is 18.1 Å². The highest BCUT2D eigenvalue weighted by molar-refractivity contribution is 6.35. The lowest BCUT2D eigenvalue weighted by Gasteiger charge is -2.10. The van der Waals surface area contributed by atoms with Gasteiger partial charge in [0, 0.05) is 23.1 Å². The monoisotopic (exact) mass is 220 g/mol. The Labute approximate surface area is 86.7 Å². The van der Waals surface area contributed by atoms with Gasteiger partial charge in [-0.05, 0) is 17.7 Å². The SMILES string of the molecule is OCCC(O)c1ccc(Cl)cc1Cl. The first-order valence-corrected chi connectivity index (χ1v) is 4.64. The number of hydrogen-bond donors (Lipinski definition) is 2. The first-order chi connectivity index (χ1) is 6.15. The van der Waals surface area contributed by atoms with Crippen molar-refractivity contribution in [1.82, 2.24) is 0 Å². The maximum Gasteiger partial charge on any atom is 0.0826 e. The minimum absolute atomic E-state index is 0.0693. The average Bonchev–Trinajstić information content (AvgIpc) is 2.04. The number of hydrogen-bond acceptors (Lipinski definition) is 2. The summed E-state index contributed by atoms with van der Waals surface area (Å²) < 4.78 is 0. The average molecular weight is 221 g/mol. The van der Waals surface area contributed by atoms with Gasteiger partial charge in [-0.3, -0.25) is 0 Å². The van der Waals surface area contributed by atoms with E-state index in [0.29, 0.717) is 15.6 Å². The molecule has 0 amide bonds. The van der Waals surface area contributed by atoms with Crippen molar-refractivity contribution in [3.63, 3.8) is 0 Å². The predicted molar refractivity (Wildman–Crippen MR) is 53.1 cm³/mol. The molecule has 72 valence electrons. The van der Waals surface area contributed by atoms with Crippen molar-refractivity contribution in [2.24, 2.45) is 0 Å². The summed E-state index contributed by atoms with van der Waals surface area (Å²) in [5.41, 5.74) is 0.597. The van der Waals surface area contributed by atoms with Crippen molar-refractivity contribution >= 4 is 23.2 Å². The zero-order valence-electron chi connectivity index (χ0n) is 6.87. The Morgan fingerprint density at radius 1 is 1.31 bits per heavy atom. The van der Waals surface area contributed by atoms with Crippen LogP contribution in [0.15, 0.2) is 18.2 Å². The molecular weight excluding hydrogens is 211 g/mol. The molecule has 0 aliphatic carbocycles. The Balaban J connectivity index is 2.88. The molecular formula is C9H10Cl2O2. The lowest BCUT2D eigenvalue weighted by Crippen LogP contribution is -2.00. The summed E-state index contributed by atoms with van der Waals surface area (Å²) in [5, 5.41) is 19.1. The lowest BCUT2D eigenvalue weighted by atomic mass is 10.1. The molecule has 0 saturated carbocycles. The van der Waals surface area contributed by atoms with Crippen molar-refractivity contribution in [2.45, 2.75) is 12.5 Å². The molecule has 0 aliphatic heterocycles. The van der Waals surface area contributed by atoms with Crippen LogP contribution in [0.2, 0.25) is 10.0 Å². The summed E-state index contributed by atoms with van der Waals surface area (Å²) >= 11 is 11.5. The third kappa shape index (κ3) is 2.85. The molecule has 1 aromatic rings. The van der Waals surface area contributed by atoms with Gasteiger partial charge in [0.05, 0.1) is 6.10 Å². The first kappa shape index (κ1) is 10.8. The van der Waals surface area contributed by atoms with Crippen LogP contribution in [0.3, 0.4) is 0 Å². The van der Waals surface area contributed by atoms with Gasteiger partial charge >= 0.3 is 0 Å². The van der Waals surface area contributed by atoms with E-state index < -0.39 is 6.10 Å². The van der Waals surface area contributed by atoms with Crippen molar-refractivity contribution < 1.29 is 10.2 Å². The van der Waals surface area contributed by atoms with Crippen LogP contribution in [-0.4, -0.2) is 16.8 Å². The van der Waals surface area contributed by atoms with Gasteiger partial charge in [-0.2, -0.15) is 0 Å². The molecule has 1 aromatic carbocycles. The summed E-state index contributed by atoms with van der Waals surface area (Å²) in [6.45, 7) is -0.0693. The molecule has 1 atom stereocenters. The fraction of sp³-hybridized carbons (Fsp3) is 0.333. The highest BCUT2D eigenvalue weighted by atomic mass is 35.5. The van der Waals surface area contributed by atoms with Crippen LogP contribution >= 0.6 is 23.2 Å². The molecule has 1 unspecified atom stereocenters. The molecule has 0 heterocycles. The molecule has 2 N–H and O–H groups in total. The molecule has 0 spiro atoms. The smallest absolute Gasteiger partial charge is 0.0826 e. The topological polar surface area (TPSA) is 40.5 Å². The van der Waals surface area contributed by atoms with Gasteiger partial charge < -0.3 is 10.2 Å². The molecule has 4 heteroatoms. The number of aliphatic hydroxyl groups excluding tert-OH is 2. The minimum Gasteiger partial charge on any atom is -0.396 e. The molecule has 1 rings (SSSR count). The van der Waals surface area contributed by atoms with E-state index in [4.69, 9.17) is 28.3 Å². The number of rotatable bonds is 3. The van der Waals surface area contributed by atoms with Crippen LogP contribution in [-0.2, 0) is 0 Å². The predicted octanol–water partition coefficient (Wildman–Crippen LogP) is 2.41. The largest absolute Gasteiger partial charge is 0.396 e. The molecule has 0 saturated heterocycles. The van der Waals surface area contributed by atoms with E-state index in [1.807, 2.05) is 0 Å². The van der Waals surface area contributed by atoms with Crippen molar-refractivity contribution in [1.29, 1.82) is 0 Å². The van der Waals surface area contributed by atoms with E-state index in [0.717, 1.165) is 0 Å². The van der Waals surface area contributed by atoms with Gasteiger partial charge in [-0.1, -0.05) is 29.3 Å². The number of halogens is 2. The van der Waals surface area contributed by atoms with Crippen molar-refractivity contribution in [3.8, 4) is 0 Å². The van der Waals surface area contributed by atoms with E-state index in [9.17, 15) is 5.11 Å². The second-order valence-corrected chi connectivity index (χ2v) is 3.54. The van der Waals surface area contributed by atoms with Crippen molar-refractivity contribution in [2.75, 3.05) is 6.61 Å². The summed E-state index contributed by atoms with van der Waals surface area (Å²) in [5.74, 6) is 0. The third-order valence-electron chi connectivity index (χ3n) is 1.72. The van der Waals surface area contributed by atoms with Crippen LogP contribution < -0.4 is 0 Å². The molecule has 0 aromatic heterocycles. The van der Waals surface area contributed by atoms with E-state index in [2.05, 4.69) is 0 Å². The van der Waals surface area contributed by atoms with E-state index >= 15 is 0 Å². The standard InChI is InChI=1S/C9H10Cl2O2/c10-6-1-2-7(8(11)5-6)9(13)3-4-12/h1-2,5,9,12-13H,3-4H2. The number of aliphatic hydroxyl groups is 2. The molecule has 2 nitrogen and oxygen atoms in total. The first-order valence-electron chi connectivity index (χ1n) is 3.89. The van der Waals surface area contributed by atoms with Gasteiger partial charge in [0.1, 0.15) is 0 Å². The summed E-state index contributed by atoms with van der Waals surface area (Å²) in [7, 11) is 0. The van der Waals surface area contributed by atoms with Gasteiger partial charge in [0.15, 0.2) is 0 Å². The lowest BCUT2D eigenvalue weighted by molar-refractivity contribution is 0.134. The Hall–Kier alpha value is -0.280. The zero-order chi connectivity index (χ0) is 9.84. The molecule has 0 aliphatic rings. The fourth-order valence-electron chi connectivity index (χ4n) is 1.05. The maximum absolute atomic E-state index is 9.50. The van der Waals surface area contributed by atoms with Gasteiger partial charge in [0.25, 0.3) is 0 Å². The Morgan fingerprint density at radius 2 is 2.00 bits per heavy atom. The van der Waals surface area contributed by atoms with E-state index in [1.165, 1.54) is 0 Å². The van der Waals surface area contributed by atoms with Gasteiger partial charge in [-0.15, -0.1) is 0 Å². The Morgan fingerprint density at radius 3 is 2.54 bits per heavy atom. The van der Waals surface area contributed by atoms with Crippen LogP contribution in [0, 0.1) is 0 Å². The third-order valence-corrected chi connectivity index (χ3v) is 2.29. The van der Waals surface area contributed by atoms with Gasteiger partial charge in [-0.25, -0.2) is 0 Å². The van der Waals surface area contributed by atoms with Gasteiger partial charge in [0.2, 0.25) is 0 Å². The highest BCUT2D eigenvalue weighted by Gasteiger charge is 2.10. The summed E-state index contributed by atoms with van der Waals surface area (Å²) in [4.78, 5) is 0. The quantitative estimate of drug-likeness (QED) is 0.822. The van der Waals surface area contributed by atoms with Crippen LogP contribution in [0.5, 0.6) is 0 Å². The number of benzene rings is 1. The maximum atomic E-state index is 9.50. The van der Waals surface area contributed by atoms with E-state index in [-0.39, 0.29) is 13.0 Å². The Kier molecular flexibility index (Phi) is 4.00. The molecule has 13 heavy (non-hydrogen) atoms. The molecule has 0 bridgehead atoms. The van der Waals surface area contributed by atoms with Crippen LogP contribution in [0.4, 0.5) is 0 Å². The van der Waals surface area contributed by atoms with Crippen LogP contribution in [0.25, 0.3) is 0 Å². The molecule has 0 fully saturated rings. The summed E-state index contributed by atoms with van der Waals surface area (Å²) in [6.07, 6.45) is -0.448. The Bertz CT molecular complexity index is 289. The van der Waals surface area contributed by atoms with E-state index in [1.54, 1.807) is 18.2 Å².